The van der Waals surface area contributed by atoms with Crippen molar-refractivity contribution in [2.75, 3.05) is 7.11 Å². The average Bonchev–Trinajstić information content (AvgIpc) is 2.98. The fourth-order valence-corrected chi connectivity index (χ4v) is 3.94. The van der Waals surface area contributed by atoms with E-state index < -0.39 is 0 Å². The minimum absolute atomic E-state index is 0.796. The van der Waals surface area contributed by atoms with Gasteiger partial charge >= 0.3 is 0 Å². The standard InChI is InChI=1S/C15H15IN2O/c1-19-11-4-2-9(3-5-11)8-18-14-12-6-10(12)7-13(14)15(16)17-18/h2-5,10,12H,6-8H2,1H3/t10-,12?/m0/s1. The fourth-order valence-electron chi connectivity index (χ4n) is 3.18. The van der Waals surface area contributed by atoms with Gasteiger partial charge in [-0.2, -0.15) is 5.10 Å². The molecule has 4 heteroatoms. The normalized spacial score (nSPS) is 23.1. The Bertz CT molecular complexity index is 632. The third kappa shape index (κ3) is 1.88. The van der Waals surface area contributed by atoms with Crippen LogP contribution in [0.25, 0.3) is 0 Å². The Morgan fingerprint density at radius 2 is 2.16 bits per heavy atom. The van der Waals surface area contributed by atoms with E-state index in [-0.39, 0.29) is 0 Å². The van der Waals surface area contributed by atoms with Gasteiger partial charge in [-0.05, 0) is 59.0 Å². The Labute approximate surface area is 126 Å². The Hall–Kier alpha value is -1.04. The summed E-state index contributed by atoms with van der Waals surface area (Å²) in [5.41, 5.74) is 4.30. The highest BCUT2D eigenvalue weighted by atomic mass is 127. The zero-order valence-corrected chi connectivity index (χ0v) is 12.9. The largest absolute Gasteiger partial charge is 0.497 e. The summed E-state index contributed by atoms with van der Waals surface area (Å²) >= 11 is 2.38. The quantitative estimate of drug-likeness (QED) is 0.781. The number of benzene rings is 1. The van der Waals surface area contributed by atoms with Crippen LogP contribution in [-0.2, 0) is 13.0 Å². The van der Waals surface area contributed by atoms with E-state index in [2.05, 4.69) is 39.4 Å². The second-order valence-corrected chi connectivity index (χ2v) is 6.49. The SMILES string of the molecule is COc1ccc(Cn2nc(I)c3c2C2C[C@H]2C3)cc1. The zero-order valence-electron chi connectivity index (χ0n) is 10.8. The zero-order chi connectivity index (χ0) is 13.0. The molecule has 0 radical (unpaired) electrons. The molecule has 2 atom stereocenters. The first kappa shape index (κ1) is 11.8. The van der Waals surface area contributed by atoms with Crippen LogP contribution in [0.1, 0.15) is 29.2 Å². The maximum Gasteiger partial charge on any atom is 0.126 e. The summed E-state index contributed by atoms with van der Waals surface area (Å²) in [5.74, 6) is 2.62. The summed E-state index contributed by atoms with van der Waals surface area (Å²) in [6.07, 6.45) is 2.62. The van der Waals surface area contributed by atoms with Gasteiger partial charge in [0.25, 0.3) is 0 Å². The lowest BCUT2D eigenvalue weighted by Gasteiger charge is -2.07. The first-order valence-electron chi connectivity index (χ1n) is 6.64. The van der Waals surface area contributed by atoms with Crippen LogP contribution >= 0.6 is 22.6 Å². The van der Waals surface area contributed by atoms with Crippen LogP contribution in [0.2, 0.25) is 0 Å². The number of ether oxygens (including phenoxy) is 1. The minimum atomic E-state index is 0.796. The predicted octanol–water partition coefficient (Wildman–Crippen LogP) is 3.20. The van der Waals surface area contributed by atoms with E-state index in [9.17, 15) is 0 Å². The fraction of sp³-hybridized carbons (Fsp3) is 0.400. The molecule has 0 N–H and O–H groups in total. The van der Waals surface area contributed by atoms with Gasteiger partial charge in [0.15, 0.2) is 0 Å². The maximum atomic E-state index is 5.20. The summed E-state index contributed by atoms with van der Waals surface area (Å²) in [7, 11) is 1.70. The number of aromatic nitrogens is 2. The molecule has 1 heterocycles. The number of nitrogens with zero attached hydrogens (tertiary/aromatic N) is 2. The molecule has 3 nitrogen and oxygen atoms in total. The van der Waals surface area contributed by atoms with Crippen LogP contribution in [0, 0.1) is 9.62 Å². The number of fused-ring (bicyclic) bond motifs is 3. The summed E-state index contributed by atoms with van der Waals surface area (Å²) < 4.78 is 8.62. The first-order chi connectivity index (χ1) is 9.26. The van der Waals surface area contributed by atoms with E-state index in [0.717, 1.165) is 24.1 Å². The van der Waals surface area contributed by atoms with Gasteiger partial charge in [-0.25, -0.2) is 0 Å². The van der Waals surface area contributed by atoms with Crippen molar-refractivity contribution in [3.63, 3.8) is 0 Å². The Morgan fingerprint density at radius 3 is 2.89 bits per heavy atom. The molecule has 1 aromatic heterocycles. The smallest absolute Gasteiger partial charge is 0.126 e. The summed E-state index contributed by atoms with van der Waals surface area (Å²) in [4.78, 5) is 0. The van der Waals surface area contributed by atoms with Gasteiger partial charge in [-0.3, -0.25) is 4.68 Å². The van der Waals surface area contributed by atoms with E-state index in [4.69, 9.17) is 9.84 Å². The molecule has 0 aliphatic heterocycles. The molecule has 1 aromatic carbocycles. The van der Waals surface area contributed by atoms with Gasteiger partial charge in [0.05, 0.1) is 13.7 Å². The van der Waals surface area contributed by atoms with Gasteiger partial charge in [0.1, 0.15) is 9.45 Å². The molecule has 0 bridgehead atoms. The van der Waals surface area contributed by atoms with Crippen molar-refractivity contribution < 1.29 is 4.74 Å². The molecule has 98 valence electrons. The van der Waals surface area contributed by atoms with Crippen LogP contribution in [0.4, 0.5) is 0 Å². The summed E-state index contributed by atoms with van der Waals surface area (Å²) in [6.45, 7) is 0.874. The number of rotatable bonds is 3. The molecule has 2 aliphatic carbocycles. The van der Waals surface area contributed by atoms with Crippen LogP contribution in [-0.4, -0.2) is 16.9 Å². The Kier molecular flexibility index (Phi) is 2.62. The van der Waals surface area contributed by atoms with E-state index in [1.807, 2.05) is 12.1 Å². The van der Waals surface area contributed by atoms with Crippen molar-refractivity contribution in [3.8, 4) is 5.75 Å². The topological polar surface area (TPSA) is 27.1 Å². The van der Waals surface area contributed by atoms with Gasteiger partial charge in [0, 0.05) is 17.2 Å². The Balaban J connectivity index is 1.64. The predicted molar refractivity (Wildman–Crippen MR) is 81.6 cm³/mol. The average molecular weight is 366 g/mol. The molecule has 1 fully saturated rings. The minimum Gasteiger partial charge on any atom is -0.497 e. The third-order valence-corrected chi connectivity index (χ3v) is 5.14. The second-order valence-electron chi connectivity index (χ2n) is 5.47. The van der Waals surface area contributed by atoms with Crippen molar-refractivity contribution in [1.82, 2.24) is 9.78 Å². The number of halogens is 1. The van der Waals surface area contributed by atoms with Gasteiger partial charge in [-0.1, -0.05) is 12.1 Å². The lowest BCUT2D eigenvalue weighted by molar-refractivity contribution is 0.414. The molecule has 0 spiro atoms. The lowest BCUT2D eigenvalue weighted by atomic mass is 10.2. The van der Waals surface area contributed by atoms with Crippen molar-refractivity contribution in [3.05, 3.63) is 44.8 Å². The van der Waals surface area contributed by atoms with Crippen LogP contribution in [0.3, 0.4) is 0 Å². The van der Waals surface area contributed by atoms with Gasteiger partial charge in [-0.15, -0.1) is 0 Å². The van der Waals surface area contributed by atoms with Crippen molar-refractivity contribution in [2.24, 2.45) is 5.92 Å². The molecule has 0 saturated heterocycles. The number of hydrogen-bond acceptors (Lipinski definition) is 2. The molecule has 2 aromatic rings. The molecular formula is C15H15IN2O. The van der Waals surface area contributed by atoms with Crippen molar-refractivity contribution in [1.29, 1.82) is 0 Å². The highest BCUT2D eigenvalue weighted by Gasteiger charge is 2.48. The van der Waals surface area contributed by atoms with Gasteiger partial charge < -0.3 is 4.74 Å². The molecule has 4 rings (SSSR count). The molecule has 1 unspecified atom stereocenters. The summed E-state index contributed by atoms with van der Waals surface area (Å²) in [5, 5.41) is 4.72. The van der Waals surface area contributed by atoms with E-state index in [1.54, 1.807) is 7.11 Å². The van der Waals surface area contributed by atoms with Gasteiger partial charge in [0.2, 0.25) is 0 Å². The third-order valence-electron chi connectivity index (χ3n) is 4.28. The first-order valence-corrected chi connectivity index (χ1v) is 7.72. The lowest BCUT2D eigenvalue weighted by Crippen LogP contribution is -2.05. The van der Waals surface area contributed by atoms with E-state index in [0.29, 0.717) is 0 Å². The number of hydrogen-bond donors (Lipinski definition) is 0. The van der Waals surface area contributed by atoms with Crippen molar-refractivity contribution >= 4 is 22.6 Å². The highest BCUT2D eigenvalue weighted by molar-refractivity contribution is 14.1. The molecule has 0 amide bonds. The highest BCUT2D eigenvalue weighted by Crippen LogP contribution is 2.57. The number of methoxy groups -OCH3 is 1. The molecule has 19 heavy (non-hydrogen) atoms. The van der Waals surface area contributed by atoms with E-state index in [1.165, 1.54) is 33.4 Å². The van der Waals surface area contributed by atoms with Crippen LogP contribution in [0.5, 0.6) is 5.75 Å². The van der Waals surface area contributed by atoms with E-state index >= 15 is 0 Å². The second kappa shape index (κ2) is 4.23. The molecule has 2 aliphatic rings. The summed E-state index contributed by atoms with van der Waals surface area (Å²) in [6, 6.07) is 8.28. The maximum absolute atomic E-state index is 5.20. The monoisotopic (exact) mass is 366 g/mol. The van der Waals surface area contributed by atoms with Crippen LogP contribution in [0.15, 0.2) is 24.3 Å². The Morgan fingerprint density at radius 1 is 1.37 bits per heavy atom. The van der Waals surface area contributed by atoms with Crippen molar-refractivity contribution in [2.45, 2.75) is 25.3 Å². The molecular weight excluding hydrogens is 351 g/mol. The molecule has 1 saturated carbocycles. The van der Waals surface area contributed by atoms with Crippen LogP contribution < -0.4 is 4.74 Å².